The van der Waals surface area contributed by atoms with E-state index in [0.717, 1.165) is 52.8 Å². The van der Waals surface area contributed by atoms with Crippen LogP contribution in [-0.2, 0) is 12.8 Å². The van der Waals surface area contributed by atoms with Gasteiger partial charge < -0.3 is 14.7 Å². The normalized spacial score (nSPS) is 12.5. The van der Waals surface area contributed by atoms with Gasteiger partial charge in [-0.15, -0.1) is 10.2 Å². The highest BCUT2D eigenvalue weighted by Gasteiger charge is 2.19. The maximum absolute atomic E-state index is 11.0. The number of aryl methyl sites for hydroxylation is 1. The van der Waals surface area contributed by atoms with Gasteiger partial charge in [-0.05, 0) is 41.5 Å². The Labute approximate surface area is 195 Å². The van der Waals surface area contributed by atoms with E-state index in [1.165, 1.54) is 0 Å². The molecule has 0 amide bonds. The third-order valence-electron chi connectivity index (χ3n) is 5.82. The van der Waals surface area contributed by atoms with Crippen molar-refractivity contribution in [2.24, 2.45) is 0 Å². The lowest BCUT2D eigenvalue weighted by atomic mass is 10.0. The molecule has 0 radical (unpaired) electrons. The van der Waals surface area contributed by atoms with Crippen molar-refractivity contribution in [1.29, 1.82) is 0 Å². The number of para-hydroxylation sites is 1. The molecule has 3 aromatic heterocycles. The van der Waals surface area contributed by atoms with E-state index >= 15 is 0 Å². The van der Waals surface area contributed by atoms with E-state index in [1.54, 1.807) is 0 Å². The van der Waals surface area contributed by atoms with Gasteiger partial charge in [0.1, 0.15) is 11.9 Å². The standard InChI is InChI=1S/C24H24ClN7O/c1-2-3-11-21-26-22(23(25)27-21)20(33)14-15-7-6-10-18-16(15)12-13-32(18)19-9-5-4-8-17(19)24-28-30-31-29-24/h4-10,12-13,20,33H,2-3,11,14H2,1H3,(H,26,27)(H,28,29,30,31). The fourth-order valence-electron chi connectivity index (χ4n) is 4.18. The van der Waals surface area contributed by atoms with Crippen molar-refractivity contribution >= 4 is 22.5 Å². The van der Waals surface area contributed by atoms with E-state index in [4.69, 9.17) is 11.6 Å². The first-order valence-corrected chi connectivity index (χ1v) is 11.4. The molecule has 0 aliphatic heterocycles. The van der Waals surface area contributed by atoms with Crippen LogP contribution in [-0.4, -0.2) is 40.3 Å². The van der Waals surface area contributed by atoms with Gasteiger partial charge in [0.15, 0.2) is 5.15 Å². The van der Waals surface area contributed by atoms with Gasteiger partial charge >= 0.3 is 0 Å². The van der Waals surface area contributed by atoms with Gasteiger partial charge in [-0.1, -0.05) is 49.2 Å². The van der Waals surface area contributed by atoms with E-state index in [0.29, 0.717) is 23.1 Å². The maximum atomic E-state index is 11.0. The van der Waals surface area contributed by atoms with E-state index in [2.05, 4.69) is 54.2 Å². The Kier molecular flexibility index (Phi) is 5.93. The molecule has 0 saturated carbocycles. The second-order valence-corrected chi connectivity index (χ2v) is 8.36. The molecule has 0 spiro atoms. The number of aliphatic hydroxyl groups is 1. The summed E-state index contributed by atoms with van der Waals surface area (Å²) in [4.78, 5) is 7.59. The Morgan fingerprint density at radius 3 is 2.82 bits per heavy atom. The summed E-state index contributed by atoms with van der Waals surface area (Å²) in [5, 5.41) is 26.8. The van der Waals surface area contributed by atoms with Gasteiger partial charge in [0, 0.05) is 30.0 Å². The van der Waals surface area contributed by atoms with Crippen molar-refractivity contribution in [2.45, 2.75) is 38.7 Å². The number of unbranched alkanes of at least 4 members (excludes halogenated alkanes) is 1. The van der Waals surface area contributed by atoms with Crippen LogP contribution in [0.15, 0.2) is 54.7 Å². The van der Waals surface area contributed by atoms with Crippen LogP contribution in [0.2, 0.25) is 5.15 Å². The summed E-state index contributed by atoms with van der Waals surface area (Å²) in [5.74, 6) is 1.35. The minimum Gasteiger partial charge on any atom is -0.386 e. The van der Waals surface area contributed by atoms with Crippen LogP contribution in [0, 0.1) is 0 Å². The molecule has 1 unspecified atom stereocenters. The van der Waals surface area contributed by atoms with Gasteiger partial charge in [-0.2, -0.15) is 5.21 Å². The number of H-pyrrole nitrogens is 2. The van der Waals surface area contributed by atoms with Crippen LogP contribution in [0.25, 0.3) is 28.0 Å². The maximum Gasteiger partial charge on any atom is 0.206 e. The summed E-state index contributed by atoms with van der Waals surface area (Å²) in [7, 11) is 0. The van der Waals surface area contributed by atoms with Crippen LogP contribution in [0.4, 0.5) is 0 Å². The summed E-state index contributed by atoms with van der Waals surface area (Å²) in [6.07, 6.45) is 4.58. The number of benzene rings is 2. The summed E-state index contributed by atoms with van der Waals surface area (Å²) >= 11 is 6.33. The summed E-state index contributed by atoms with van der Waals surface area (Å²) in [6.45, 7) is 2.13. The fourth-order valence-corrected chi connectivity index (χ4v) is 4.45. The molecule has 0 aliphatic rings. The fraction of sp³-hybridized carbons (Fsp3) is 0.250. The predicted molar refractivity (Wildman–Crippen MR) is 127 cm³/mol. The number of rotatable bonds is 8. The van der Waals surface area contributed by atoms with Crippen molar-refractivity contribution in [3.8, 4) is 17.1 Å². The minimum absolute atomic E-state index is 0.340. The quantitative estimate of drug-likeness (QED) is 0.307. The number of fused-ring (bicyclic) bond motifs is 1. The molecular weight excluding hydrogens is 438 g/mol. The topological polar surface area (TPSA) is 108 Å². The number of imidazole rings is 1. The molecular formula is C24H24ClN7O. The molecule has 0 aliphatic carbocycles. The van der Waals surface area contributed by atoms with Crippen molar-refractivity contribution < 1.29 is 5.11 Å². The first kappa shape index (κ1) is 21.4. The molecule has 2 aromatic carbocycles. The number of aromatic nitrogens is 7. The molecule has 5 rings (SSSR count). The van der Waals surface area contributed by atoms with E-state index in [9.17, 15) is 5.11 Å². The molecule has 0 fully saturated rings. The molecule has 8 nitrogen and oxygen atoms in total. The molecule has 0 saturated heterocycles. The number of nitrogens with one attached hydrogen (secondary N) is 2. The summed E-state index contributed by atoms with van der Waals surface area (Å²) < 4.78 is 2.10. The Balaban J connectivity index is 1.48. The third-order valence-corrected chi connectivity index (χ3v) is 6.11. The smallest absolute Gasteiger partial charge is 0.206 e. The molecule has 3 N–H and O–H groups in total. The third kappa shape index (κ3) is 4.15. The summed E-state index contributed by atoms with van der Waals surface area (Å²) in [5.41, 5.74) is 4.44. The van der Waals surface area contributed by atoms with E-state index in [-0.39, 0.29) is 0 Å². The Morgan fingerprint density at radius 1 is 1.12 bits per heavy atom. The number of aromatic amines is 2. The van der Waals surface area contributed by atoms with Crippen molar-refractivity contribution in [3.05, 3.63) is 77.0 Å². The van der Waals surface area contributed by atoms with Gasteiger partial charge in [0.2, 0.25) is 5.82 Å². The molecule has 5 aromatic rings. The average molecular weight is 462 g/mol. The van der Waals surface area contributed by atoms with E-state index < -0.39 is 6.10 Å². The number of halogens is 1. The molecule has 1 atom stereocenters. The highest BCUT2D eigenvalue weighted by molar-refractivity contribution is 6.30. The first-order valence-electron chi connectivity index (χ1n) is 11.0. The SMILES string of the molecule is CCCCc1nc(Cl)c(C(O)Cc2cccc3c2ccn3-c2ccccc2-c2nn[nH]n2)[nH]1. The van der Waals surface area contributed by atoms with Crippen LogP contribution in [0.1, 0.15) is 43.0 Å². The minimum atomic E-state index is -0.777. The lowest BCUT2D eigenvalue weighted by molar-refractivity contribution is 0.174. The number of hydrogen-bond donors (Lipinski definition) is 3. The van der Waals surface area contributed by atoms with Gasteiger partial charge in [0.25, 0.3) is 0 Å². The number of nitrogens with zero attached hydrogens (tertiary/aromatic N) is 5. The van der Waals surface area contributed by atoms with Gasteiger partial charge in [-0.25, -0.2) is 4.98 Å². The van der Waals surface area contributed by atoms with Crippen LogP contribution in [0.5, 0.6) is 0 Å². The van der Waals surface area contributed by atoms with Gasteiger partial charge in [0.05, 0.1) is 16.9 Å². The summed E-state index contributed by atoms with van der Waals surface area (Å²) in [6, 6.07) is 16.1. The molecule has 9 heteroatoms. The Bertz CT molecular complexity index is 1370. The van der Waals surface area contributed by atoms with Crippen LogP contribution < -0.4 is 0 Å². The zero-order chi connectivity index (χ0) is 22.8. The van der Waals surface area contributed by atoms with E-state index in [1.807, 2.05) is 42.6 Å². The zero-order valence-corrected chi connectivity index (χ0v) is 18.9. The monoisotopic (exact) mass is 461 g/mol. The number of aliphatic hydroxyl groups excluding tert-OH is 1. The first-order chi connectivity index (χ1) is 16.2. The highest BCUT2D eigenvalue weighted by Crippen LogP contribution is 2.31. The second kappa shape index (κ2) is 9.17. The largest absolute Gasteiger partial charge is 0.386 e. The Morgan fingerprint density at radius 2 is 2.00 bits per heavy atom. The van der Waals surface area contributed by atoms with Crippen molar-refractivity contribution in [2.75, 3.05) is 0 Å². The molecule has 0 bridgehead atoms. The van der Waals surface area contributed by atoms with Crippen molar-refractivity contribution in [3.63, 3.8) is 0 Å². The lowest BCUT2D eigenvalue weighted by Gasteiger charge is -2.12. The van der Waals surface area contributed by atoms with Gasteiger partial charge in [-0.3, -0.25) is 0 Å². The van der Waals surface area contributed by atoms with Crippen LogP contribution >= 0.6 is 11.6 Å². The van der Waals surface area contributed by atoms with Crippen LogP contribution in [0.3, 0.4) is 0 Å². The van der Waals surface area contributed by atoms with Crippen molar-refractivity contribution in [1.82, 2.24) is 35.2 Å². The number of hydrogen-bond acceptors (Lipinski definition) is 5. The number of tetrazole rings is 1. The lowest BCUT2D eigenvalue weighted by Crippen LogP contribution is -2.04. The molecule has 168 valence electrons. The average Bonchev–Trinajstić information content (AvgIpc) is 3.58. The predicted octanol–water partition coefficient (Wildman–Crippen LogP) is 4.81. The second-order valence-electron chi connectivity index (χ2n) is 8.00. The highest BCUT2D eigenvalue weighted by atomic mass is 35.5. The molecule has 3 heterocycles. The zero-order valence-electron chi connectivity index (χ0n) is 18.2. The molecule has 33 heavy (non-hydrogen) atoms. The Hall–Kier alpha value is -3.49.